The Labute approximate surface area is 185 Å². The Morgan fingerprint density at radius 2 is 1.90 bits per heavy atom. The van der Waals surface area contributed by atoms with E-state index in [-0.39, 0.29) is 11.9 Å². The van der Waals surface area contributed by atoms with Crippen molar-refractivity contribution in [1.29, 1.82) is 0 Å². The molecule has 8 heteroatoms. The number of carbonyl (C=O) groups excluding carboxylic acids is 1. The van der Waals surface area contributed by atoms with Crippen molar-refractivity contribution in [2.45, 2.75) is 90.7 Å². The van der Waals surface area contributed by atoms with E-state index in [4.69, 9.17) is 14.0 Å². The molecule has 0 radical (unpaired) electrons. The first-order chi connectivity index (χ1) is 14.3. The molecule has 0 aliphatic carbocycles. The fraction of sp³-hybridized carbons (Fsp3) is 0.696. The van der Waals surface area contributed by atoms with Crippen LogP contribution in [0.15, 0.2) is 18.2 Å². The van der Waals surface area contributed by atoms with Crippen LogP contribution < -0.4 is 10.8 Å². The lowest BCUT2D eigenvalue weighted by Gasteiger charge is -2.33. The maximum Gasteiger partial charge on any atom is 0.494 e. The van der Waals surface area contributed by atoms with E-state index in [1.165, 1.54) is 6.07 Å². The van der Waals surface area contributed by atoms with Gasteiger partial charge in [0.15, 0.2) is 0 Å². The van der Waals surface area contributed by atoms with Crippen LogP contribution >= 0.6 is 0 Å². The zero-order valence-electron chi connectivity index (χ0n) is 19.9. The molecule has 0 unspecified atom stereocenters. The second kappa shape index (κ2) is 8.72. The molecule has 1 N–H and O–H groups in total. The molecule has 0 bridgehead atoms. The number of nitrogens with zero attached hydrogens (tertiary/aromatic N) is 1. The van der Waals surface area contributed by atoms with E-state index >= 15 is 0 Å². The van der Waals surface area contributed by atoms with Crippen molar-refractivity contribution in [3.63, 3.8) is 0 Å². The highest BCUT2D eigenvalue weighted by atomic mass is 19.1. The molecule has 2 heterocycles. The van der Waals surface area contributed by atoms with Crippen LogP contribution in [0.4, 0.5) is 9.18 Å². The van der Waals surface area contributed by atoms with Crippen LogP contribution in [0, 0.1) is 5.82 Å². The van der Waals surface area contributed by atoms with Crippen molar-refractivity contribution in [3.05, 3.63) is 29.6 Å². The molecule has 2 aliphatic rings. The Bertz CT molecular complexity index is 793. The van der Waals surface area contributed by atoms with Crippen LogP contribution in [0.25, 0.3) is 0 Å². The van der Waals surface area contributed by atoms with Gasteiger partial charge in [0, 0.05) is 24.7 Å². The molecular formula is C23H36BFN2O4. The molecule has 31 heavy (non-hydrogen) atoms. The minimum Gasteiger partial charge on any atom is -0.444 e. The van der Waals surface area contributed by atoms with E-state index < -0.39 is 30.0 Å². The zero-order valence-corrected chi connectivity index (χ0v) is 19.9. The first kappa shape index (κ1) is 24.0. The summed E-state index contributed by atoms with van der Waals surface area (Å²) in [5.41, 5.74) is -0.144. The van der Waals surface area contributed by atoms with Gasteiger partial charge in [-0.3, -0.25) is 4.90 Å². The topological polar surface area (TPSA) is 60.0 Å². The van der Waals surface area contributed by atoms with Gasteiger partial charge in [0.25, 0.3) is 0 Å². The Morgan fingerprint density at radius 1 is 1.26 bits per heavy atom. The first-order valence-electron chi connectivity index (χ1n) is 11.1. The smallest absolute Gasteiger partial charge is 0.444 e. The second-order valence-electron chi connectivity index (χ2n) is 10.7. The molecule has 1 aromatic rings. The summed E-state index contributed by atoms with van der Waals surface area (Å²) in [6.07, 6.45) is 1.42. The molecule has 2 aliphatic heterocycles. The Balaban J connectivity index is 1.60. The standard InChI is InChI=1S/C23H36BFN2O4/c1-21(2,3)29-20(28)26-18-9-8-12-27(15-18)14-16-10-11-17(13-19(16)25)24-30-22(4,5)23(6,7)31-24/h10-11,13,18H,8-9,12,14-15H2,1-7H3,(H,26,28)/t18-/m1/s1. The number of nitrogens with one attached hydrogen (secondary N) is 1. The van der Waals surface area contributed by atoms with Gasteiger partial charge in [-0.15, -0.1) is 0 Å². The van der Waals surface area contributed by atoms with Gasteiger partial charge in [0.2, 0.25) is 0 Å². The van der Waals surface area contributed by atoms with Gasteiger partial charge in [-0.25, -0.2) is 9.18 Å². The third kappa shape index (κ3) is 5.99. The van der Waals surface area contributed by atoms with Gasteiger partial charge in [-0.05, 0) is 79.4 Å². The van der Waals surface area contributed by atoms with E-state index in [1.807, 2.05) is 54.5 Å². The number of hydrogen-bond acceptors (Lipinski definition) is 5. The lowest BCUT2D eigenvalue weighted by Crippen LogP contribution is -2.48. The fourth-order valence-electron chi connectivity index (χ4n) is 3.85. The van der Waals surface area contributed by atoms with Gasteiger partial charge in [0.05, 0.1) is 11.2 Å². The molecule has 1 aromatic carbocycles. The summed E-state index contributed by atoms with van der Waals surface area (Å²) in [5, 5.41) is 2.94. The van der Waals surface area contributed by atoms with Crippen LogP contribution in [-0.2, 0) is 20.6 Å². The van der Waals surface area contributed by atoms with Crippen LogP contribution in [0.2, 0.25) is 0 Å². The maximum atomic E-state index is 14.9. The van der Waals surface area contributed by atoms with E-state index in [9.17, 15) is 9.18 Å². The minimum atomic E-state index is -0.578. The Kier molecular flexibility index (Phi) is 6.75. The molecule has 6 nitrogen and oxygen atoms in total. The minimum absolute atomic E-state index is 0.00399. The average molecular weight is 434 g/mol. The van der Waals surface area contributed by atoms with Crippen molar-refractivity contribution in [3.8, 4) is 0 Å². The highest BCUT2D eigenvalue weighted by Gasteiger charge is 2.51. The van der Waals surface area contributed by atoms with Crippen molar-refractivity contribution in [1.82, 2.24) is 10.2 Å². The Hall–Kier alpha value is -1.64. The summed E-state index contributed by atoms with van der Waals surface area (Å²) in [5.74, 6) is -0.269. The van der Waals surface area contributed by atoms with Crippen LogP contribution in [0.3, 0.4) is 0 Å². The molecule has 0 spiro atoms. The lowest BCUT2D eigenvalue weighted by molar-refractivity contribution is 0.00578. The fourth-order valence-corrected chi connectivity index (χ4v) is 3.85. The number of hydrogen-bond donors (Lipinski definition) is 1. The third-order valence-corrected chi connectivity index (χ3v) is 6.22. The molecule has 2 fully saturated rings. The summed E-state index contributed by atoms with van der Waals surface area (Å²) in [6, 6.07) is 5.19. The van der Waals surface area contributed by atoms with Crippen molar-refractivity contribution in [2.75, 3.05) is 13.1 Å². The highest BCUT2D eigenvalue weighted by Crippen LogP contribution is 2.36. The quantitative estimate of drug-likeness (QED) is 0.734. The number of rotatable bonds is 4. The number of alkyl carbamates (subject to hydrolysis) is 1. The Morgan fingerprint density at radius 3 is 2.48 bits per heavy atom. The van der Waals surface area contributed by atoms with Gasteiger partial charge >= 0.3 is 13.2 Å². The van der Waals surface area contributed by atoms with Crippen molar-refractivity contribution >= 4 is 18.7 Å². The number of piperidine rings is 1. The summed E-state index contributed by atoms with van der Waals surface area (Å²) in [4.78, 5) is 14.2. The van der Waals surface area contributed by atoms with Crippen LogP contribution in [0.5, 0.6) is 0 Å². The summed E-state index contributed by atoms with van der Waals surface area (Å²) in [6.45, 7) is 15.5. The third-order valence-electron chi connectivity index (χ3n) is 6.22. The normalized spacial score (nSPS) is 23.6. The summed E-state index contributed by atoms with van der Waals surface area (Å²) in [7, 11) is -0.578. The van der Waals surface area contributed by atoms with Crippen LogP contribution in [0.1, 0.15) is 66.9 Å². The average Bonchev–Trinajstić information content (AvgIpc) is 2.83. The summed E-state index contributed by atoms with van der Waals surface area (Å²) < 4.78 is 32.3. The van der Waals surface area contributed by atoms with Gasteiger partial charge in [-0.1, -0.05) is 12.1 Å². The van der Waals surface area contributed by atoms with Crippen molar-refractivity contribution in [2.24, 2.45) is 0 Å². The second-order valence-corrected chi connectivity index (χ2v) is 10.7. The number of halogens is 1. The molecule has 0 aromatic heterocycles. The lowest BCUT2D eigenvalue weighted by atomic mass is 9.78. The first-order valence-corrected chi connectivity index (χ1v) is 11.1. The number of likely N-dealkylation sites (tertiary alicyclic amines) is 1. The highest BCUT2D eigenvalue weighted by molar-refractivity contribution is 6.62. The van der Waals surface area contributed by atoms with E-state index in [2.05, 4.69) is 10.2 Å². The van der Waals surface area contributed by atoms with E-state index in [1.54, 1.807) is 6.07 Å². The van der Waals surface area contributed by atoms with E-state index in [0.717, 1.165) is 19.4 Å². The predicted molar refractivity (Wildman–Crippen MR) is 120 cm³/mol. The summed E-state index contributed by atoms with van der Waals surface area (Å²) >= 11 is 0. The van der Waals surface area contributed by atoms with Crippen LogP contribution in [-0.4, -0.2) is 54.0 Å². The molecular weight excluding hydrogens is 398 g/mol. The largest absolute Gasteiger partial charge is 0.494 e. The van der Waals surface area contributed by atoms with E-state index in [0.29, 0.717) is 24.1 Å². The molecule has 2 saturated heterocycles. The number of benzene rings is 1. The molecule has 1 amide bonds. The molecule has 0 saturated carbocycles. The molecule has 172 valence electrons. The van der Waals surface area contributed by atoms with Gasteiger partial charge in [0.1, 0.15) is 11.4 Å². The number of amides is 1. The SMILES string of the molecule is CC(C)(C)OC(=O)N[C@@H]1CCCN(Cc2ccc(B3OC(C)(C)C(C)(C)O3)cc2F)C1. The predicted octanol–water partition coefficient (Wildman–Crippen LogP) is 3.61. The molecule has 3 rings (SSSR count). The number of carbonyl (C=O) groups is 1. The van der Waals surface area contributed by atoms with Gasteiger partial charge in [-0.2, -0.15) is 0 Å². The molecule has 1 atom stereocenters. The zero-order chi connectivity index (χ0) is 23.0. The monoisotopic (exact) mass is 434 g/mol. The van der Waals surface area contributed by atoms with Crippen molar-refractivity contribution < 1.29 is 23.2 Å². The van der Waals surface area contributed by atoms with Gasteiger partial charge < -0.3 is 19.4 Å². The number of ether oxygens (including phenoxy) is 1. The maximum absolute atomic E-state index is 14.9.